The summed E-state index contributed by atoms with van der Waals surface area (Å²) >= 11 is 0. The number of pyridine rings is 1. The highest BCUT2D eigenvalue weighted by atomic mass is 16.5. The Morgan fingerprint density at radius 2 is 2.06 bits per heavy atom. The van der Waals surface area contributed by atoms with E-state index >= 15 is 0 Å². The summed E-state index contributed by atoms with van der Waals surface area (Å²) in [6, 6.07) is 2.98. The van der Waals surface area contributed by atoms with Crippen LogP contribution in [0.15, 0.2) is 18.3 Å². The Labute approximate surface area is 100 Å². The van der Waals surface area contributed by atoms with Crippen molar-refractivity contribution in [2.75, 3.05) is 13.2 Å². The monoisotopic (exact) mass is 239 g/mol. The average Bonchev–Trinajstić information content (AvgIpc) is 2.24. The summed E-state index contributed by atoms with van der Waals surface area (Å²) in [5.41, 5.74) is -0.183. The van der Waals surface area contributed by atoms with Crippen LogP contribution in [0.1, 0.15) is 31.3 Å². The second-order valence-corrected chi connectivity index (χ2v) is 4.49. The number of carbonyl (C=O) groups is 1. The van der Waals surface area contributed by atoms with E-state index < -0.39 is 5.97 Å². The maximum absolute atomic E-state index is 10.6. The van der Waals surface area contributed by atoms with Gasteiger partial charge in [0, 0.05) is 0 Å². The van der Waals surface area contributed by atoms with Gasteiger partial charge in [0.1, 0.15) is 18.1 Å². The van der Waals surface area contributed by atoms with Crippen LogP contribution in [0.25, 0.3) is 0 Å². The topological polar surface area (TPSA) is 68.7 Å². The minimum atomic E-state index is -1.05. The SMILES string of the molecule is CC(C)(C)OCCOc1ccc(C(=O)O)nc1. The highest BCUT2D eigenvalue weighted by Gasteiger charge is 2.09. The summed E-state index contributed by atoms with van der Waals surface area (Å²) in [5.74, 6) is -0.514. The molecule has 1 heterocycles. The molecule has 0 aliphatic rings. The van der Waals surface area contributed by atoms with E-state index in [1.807, 2.05) is 20.8 Å². The van der Waals surface area contributed by atoms with Crippen LogP contribution in [0.3, 0.4) is 0 Å². The van der Waals surface area contributed by atoms with Crippen LogP contribution in [-0.2, 0) is 4.74 Å². The lowest BCUT2D eigenvalue weighted by molar-refractivity contribution is -0.0163. The predicted octanol–water partition coefficient (Wildman–Crippen LogP) is 1.97. The Balaban J connectivity index is 2.35. The van der Waals surface area contributed by atoms with Gasteiger partial charge in [0.2, 0.25) is 0 Å². The summed E-state index contributed by atoms with van der Waals surface area (Å²) in [6.07, 6.45) is 1.39. The number of nitrogens with zero attached hydrogens (tertiary/aromatic N) is 1. The maximum atomic E-state index is 10.6. The molecule has 0 aliphatic heterocycles. The first-order valence-electron chi connectivity index (χ1n) is 5.34. The molecule has 0 saturated carbocycles. The fraction of sp³-hybridized carbons (Fsp3) is 0.500. The van der Waals surface area contributed by atoms with E-state index in [1.54, 1.807) is 6.07 Å². The molecule has 5 nitrogen and oxygen atoms in total. The highest BCUT2D eigenvalue weighted by molar-refractivity contribution is 5.85. The molecule has 0 aromatic carbocycles. The molecule has 1 aromatic rings. The molecule has 0 spiro atoms. The largest absolute Gasteiger partial charge is 0.490 e. The van der Waals surface area contributed by atoms with Crippen LogP contribution in [-0.4, -0.2) is 34.9 Å². The van der Waals surface area contributed by atoms with Crippen molar-refractivity contribution in [1.29, 1.82) is 0 Å². The summed E-state index contributed by atoms with van der Waals surface area (Å²) in [5, 5.41) is 8.66. The van der Waals surface area contributed by atoms with Gasteiger partial charge in [-0.3, -0.25) is 0 Å². The van der Waals surface area contributed by atoms with Crippen molar-refractivity contribution >= 4 is 5.97 Å². The molecule has 1 rings (SSSR count). The zero-order valence-corrected chi connectivity index (χ0v) is 10.3. The summed E-state index contributed by atoms with van der Waals surface area (Å²) in [7, 11) is 0. The van der Waals surface area contributed by atoms with E-state index in [4.69, 9.17) is 14.6 Å². The van der Waals surface area contributed by atoms with E-state index in [2.05, 4.69) is 4.98 Å². The third-order valence-corrected chi connectivity index (χ3v) is 1.84. The second-order valence-electron chi connectivity index (χ2n) is 4.49. The fourth-order valence-electron chi connectivity index (χ4n) is 1.10. The number of rotatable bonds is 5. The Kier molecular flexibility index (Phi) is 4.45. The molecule has 5 heteroatoms. The quantitative estimate of drug-likeness (QED) is 0.795. The fourth-order valence-corrected chi connectivity index (χ4v) is 1.10. The molecule has 1 aromatic heterocycles. The molecule has 0 atom stereocenters. The lowest BCUT2D eigenvalue weighted by Gasteiger charge is -2.19. The molecular weight excluding hydrogens is 222 g/mol. The minimum absolute atomic E-state index is 0.00305. The highest BCUT2D eigenvalue weighted by Crippen LogP contribution is 2.10. The van der Waals surface area contributed by atoms with Gasteiger partial charge in [-0.05, 0) is 32.9 Å². The number of aromatic carboxylic acids is 1. The molecule has 0 unspecified atom stereocenters. The summed E-state index contributed by atoms with van der Waals surface area (Å²) in [6.45, 7) is 6.79. The number of carboxylic acid groups (broad SMARTS) is 1. The average molecular weight is 239 g/mol. The van der Waals surface area contributed by atoms with Crippen molar-refractivity contribution in [3.63, 3.8) is 0 Å². The van der Waals surface area contributed by atoms with Crippen LogP contribution in [0.5, 0.6) is 5.75 Å². The van der Waals surface area contributed by atoms with Crippen molar-refractivity contribution in [3.05, 3.63) is 24.0 Å². The van der Waals surface area contributed by atoms with Crippen LogP contribution in [0, 0.1) is 0 Å². The van der Waals surface area contributed by atoms with Crippen molar-refractivity contribution in [2.24, 2.45) is 0 Å². The van der Waals surface area contributed by atoms with Gasteiger partial charge in [-0.15, -0.1) is 0 Å². The Morgan fingerprint density at radius 3 is 2.53 bits per heavy atom. The van der Waals surface area contributed by atoms with Gasteiger partial charge in [-0.25, -0.2) is 9.78 Å². The molecule has 0 saturated heterocycles. The van der Waals surface area contributed by atoms with E-state index in [-0.39, 0.29) is 11.3 Å². The zero-order valence-electron chi connectivity index (χ0n) is 10.3. The normalized spacial score (nSPS) is 11.2. The number of ether oxygens (including phenoxy) is 2. The molecule has 94 valence electrons. The Bertz CT molecular complexity index is 367. The van der Waals surface area contributed by atoms with Crippen molar-refractivity contribution in [1.82, 2.24) is 4.98 Å². The van der Waals surface area contributed by atoms with Crippen LogP contribution in [0.4, 0.5) is 0 Å². The maximum Gasteiger partial charge on any atom is 0.354 e. The lowest BCUT2D eigenvalue weighted by Crippen LogP contribution is -2.22. The van der Waals surface area contributed by atoms with Gasteiger partial charge in [-0.1, -0.05) is 0 Å². The molecule has 0 radical (unpaired) electrons. The van der Waals surface area contributed by atoms with Gasteiger partial charge in [0.05, 0.1) is 18.4 Å². The molecule has 0 amide bonds. The van der Waals surface area contributed by atoms with Gasteiger partial charge in [0.15, 0.2) is 0 Å². The number of hydrogen-bond acceptors (Lipinski definition) is 4. The lowest BCUT2D eigenvalue weighted by atomic mass is 10.2. The Hall–Kier alpha value is -1.62. The molecule has 0 fully saturated rings. The van der Waals surface area contributed by atoms with E-state index in [1.165, 1.54) is 12.3 Å². The van der Waals surface area contributed by atoms with E-state index in [0.717, 1.165) is 0 Å². The molecule has 1 N–H and O–H groups in total. The van der Waals surface area contributed by atoms with Gasteiger partial charge in [-0.2, -0.15) is 0 Å². The third-order valence-electron chi connectivity index (χ3n) is 1.84. The van der Waals surface area contributed by atoms with Crippen LogP contribution >= 0.6 is 0 Å². The van der Waals surface area contributed by atoms with Gasteiger partial charge in [0.25, 0.3) is 0 Å². The van der Waals surface area contributed by atoms with Crippen LogP contribution < -0.4 is 4.74 Å². The van der Waals surface area contributed by atoms with Crippen molar-refractivity contribution in [3.8, 4) is 5.75 Å². The zero-order chi connectivity index (χ0) is 12.9. The smallest absolute Gasteiger partial charge is 0.354 e. The summed E-state index contributed by atoms with van der Waals surface area (Å²) < 4.78 is 10.8. The summed E-state index contributed by atoms with van der Waals surface area (Å²) in [4.78, 5) is 14.3. The number of hydrogen-bond donors (Lipinski definition) is 1. The minimum Gasteiger partial charge on any atom is -0.490 e. The Morgan fingerprint density at radius 1 is 1.35 bits per heavy atom. The predicted molar refractivity (Wildman–Crippen MR) is 62.4 cm³/mol. The number of carboxylic acids is 1. The molecule has 0 bridgehead atoms. The van der Waals surface area contributed by atoms with Gasteiger partial charge >= 0.3 is 5.97 Å². The second kappa shape index (κ2) is 5.63. The standard InChI is InChI=1S/C12H17NO4/c1-12(2,3)17-7-6-16-9-4-5-10(11(14)15)13-8-9/h4-5,8H,6-7H2,1-3H3,(H,14,15). The molecule has 17 heavy (non-hydrogen) atoms. The third kappa shape index (κ3) is 5.31. The van der Waals surface area contributed by atoms with Crippen molar-refractivity contribution in [2.45, 2.75) is 26.4 Å². The first-order chi connectivity index (χ1) is 7.88. The van der Waals surface area contributed by atoms with Crippen LogP contribution in [0.2, 0.25) is 0 Å². The van der Waals surface area contributed by atoms with Crippen molar-refractivity contribution < 1.29 is 19.4 Å². The van der Waals surface area contributed by atoms with Gasteiger partial charge < -0.3 is 14.6 Å². The first kappa shape index (κ1) is 13.4. The number of aromatic nitrogens is 1. The molecule has 0 aliphatic carbocycles. The van der Waals surface area contributed by atoms with E-state index in [9.17, 15) is 4.79 Å². The van der Waals surface area contributed by atoms with E-state index in [0.29, 0.717) is 19.0 Å². The molecular formula is C12H17NO4. The first-order valence-corrected chi connectivity index (χ1v) is 5.34.